The lowest BCUT2D eigenvalue weighted by atomic mass is 10.1. The third kappa shape index (κ3) is 2.86. The number of carbonyl (C=O) groups is 1. The number of nitrogens with two attached hydrogens (primary N) is 1. The zero-order valence-electron chi connectivity index (χ0n) is 8.08. The number of hydrogen-bond donors (Lipinski definition) is 2. The second kappa shape index (κ2) is 5.18. The number of aromatic nitrogens is 1. The van der Waals surface area contributed by atoms with Crippen molar-refractivity contribution in [3.8, 4) is 0 Å². The summed E-state index contributed by atoms with van der Waals surface area (Å²) in [5, 5.41) is 8.54. The van der Waals surface area contributed by atoms with Gasteiger partial charge in [0.1, 0.15) is 5.69 Å². The maximum absolute atomic E-state index is 12.6. The van der Waals surface area contributed by atoms with Gasteiger partial charge in [0.05, 0.1) is 12.1 Å². The summed E-state index contributed by atoms with van der Waals surface area (Å²) in [5.74, 6) is -1.16. The van der Waals surface area contributed by atoms with Crippen molar-refractivity contribution in [2.24, 2.45) is 5.73 Å². The van der Waals surface area contributed by atoms with Gasteiger partial charge in [0.15, 0.2) is 0 Å². The average Bonchev–Trinajstić information content (AvgIpc) is 2.15. The largest absolute Gasteiger partial charge is 0.481 e. The minimum Gasteiger partial charge on any atom is -0.481 e. The van der Waals surface area contributed by atoms with E-state index in [2.05, 4.69) is 4.98 Å². The van der Waals surface area contributed by atoms with Gasteiger partial charge in [-0.1, -0.05) is 11.6 Å². The van der Waals surface area contributed by atoms with E-state index in [1.807, 2.05) is 0 Å². The first-order chi connectivity index (χ1) is 7.45. The third-order valence-electron chi connectivity index (χ3n) is 1.90. The van der Waals surface area contributed by atoms with Gasteiger partial charge in [-0.2, -0.15) is 0 Å². The molecular weight excluding hydrogens is 242 g/mol. The topological polar surface area (TPSA) is 76.2 Å². The molecule has 0 fully saturated rings. The van der Waals surface area contributed by atoms with E-state index in [4.69, 9.17) is 22.4 Å². The lowest BCUT2D eigenvalue weighted by Crippen LogP contribution is -2.10. The zero-order chi connectivity index (χ0) is 12.3. The van der Waals surface area contributed by atoms with Gasteiger partial charge in [-0.3, -0.25) is 9.78 Å². The molecule has 0 atom stereocenters. The molecule has 0 spiro atoms. The van der Waals surface area contributed by atoms with E-state index >= 15 is 0 Å². The monoisotopic (exact) mass is 250 g/mol. The summed E-state index contributed by atoms with van der Waals surface area (Å²) in [4.78, 5) is 14.0. The van der Waals surface area contributed by atoms with Gasteiger partial charge >= 0.3 is 5.97 Å². The van der Waals surface area contributed by atoms with E-state index < -0.39 is 24.5 Å². The zero-order valence-corrected chi connectivity index (χ0v) is 8.84. The first-order valence-electron chi connectivity index (χ1n) is 4.34. The molecule has 0 bridgehead atoms. The maximum atomic E-state index is 12.6. The van der Waals surface area contributed by atoms with Crippen LogP contribution in [0.3, 0.4) is 0 Å². The summed E-state index contributed by atoms with van der Waals surface area (Å²) in [6.45, 7) is -0.168. The lowest BCUT2D eigenvalue weighted by molar-refractivity contribution is -0.136. The van der Waals surface area contributed by atoms with E-state index in [0.717, 1.165) is 0 Å². The molecule has 16 heavy (non-hydrogen) atoms. The van der Waals surface area contributed by atoms with Crippen molar-refractivity contribution in [3.05, 3.63) is 28.0 Å². The van der Waals surface area contributed by atoms with Crippen molar-refractivity contribution in [1.82, 2.24) is 4.98 Å². The van der Waals surface area contributed by atoms with E-state index in [1.165, 1.54) is 6.07 Å². The van der Waals surface area contributed by atoms with Crippen LogP contribution in [0, 0.1) is 0 Å². The lowest BCUT2D eigenvalue weighted by Gasteiger charge is -2.10. The summed E-state index contributed by atoms with van der Waals surface area (Å²) in [7, 11) is 0. The minimum atomic E-state index is -2.83. The van der Waals surface area contributed by atoms with Crippen molar-refractivity contribution < 1.29 is 18.7 Å². The number of alkyl halides is 2. The fourth-order valence-electron chi connectivity index (χ4n) is 1.24. The number of aliphatic carboxylic acids is 1. The van der Waals surface area contributed by atoms with Gasteiger partial charge in [0.2, 0.25) is 0 Å². The second-order valence-electron chi connectivity index (χ2n) is 3.03. The van der Waals surface area contributed by atoms with Gasteiger partial charge in [0, 0.05) is 17.1 Å². The van der Waals surface area contributed by atoms with Crippen LogP contribution in [0.1, 0.15) is 23.4 Å². The Morgan fingerprint density at radius 1 is 1.62 bits per heavy atom. The Kier molecular flexibility index (Phi) is 4.14. The van der Waals surface area contributed by atoms with Crippen LogP contribution >= 0.6 is 11.6 Å². The molecule has 0 amide bonds. The smallest absolute Gasteiger partial charge is 0.309 e. The molecule has 3 N–H and O–H groups in total. The highest BCUT2D eigenvalue weighted by molar-refractivity contribution is 6.31. The number of carboxylic acids is 1. The molecule has 0 radical (unpaired) electrons. The Labute approximate surface area is 95.0 Å². The first kappa shape index (κ1) is 12.8. The summed E-state index contributed by atoms with van der Waals surface area (Å²) < 4.78 is 25.2. The van der Waals surface area contributed by atoms with Crippen LogP contribution in [0.5, 0.6) is 0 Å². The van der Waals surface area contributed by atoms with Crippen molar-refractivity contribution in [2.75, 3.05) is 0 Å². The quantitative estimate of drug-likeness (QED) is 0.854. The van der Waals surface area contributed by atoms with Crippen molar-refractivity contribution in [2.45, 2.75) is 19.4 Å². The second-order valence-corrected chi connectivity index (χ2v) is 3.44. The Bertz CT molecular complexity index is 413. The van der Waals surface area contributed by atoms with Gasteiger partial charge in [-0.05, 0) is 6.07 Å². The Morgan fingerprint density at radius 3 is 2.69 bits per heavy atom. The Hall–Kier alpha value is -1.27. The number of nitrogens with zero attached hydrogens (tertiary/aromatic N) is 1. The highest BCUT2D eigenvalue weighted by Crippen LogP contribution is 2.27. The van der Waals surface area contributed by atoms with E-state index in [1.54, 1.807) is 0 Å². The Morgan fingerprint density at radius 2 is 2.25 bits per heavy atom. The molecule has 7 heteroatoms. The molecule has 1 heterocycles. The van der Waals surface area contributed by atoms with E-state index in [0.29, 0.717) is 0 Å². The summed E-state index contributed by atoms with van der Waals surface area (Å²) in [6.07, 6.45) is -3.28. The van der Waals surface area contributed by atoms with Crippen LogP contribution in [-0.2, 0) is 17.8 Å². The molecule has 0 saturated carbocycles. The third-order valence-corrected chi connectivity index (χ3v) is 2.24. The van der Waals surface area contributed by atoms with Crippen molar-refractivity contribution in [3.63, 3.8) is 0 Å². The molecule has 1 aromatic heterocycles. The van der Waals surface area contributed by atoms with Crippen LogP contribution in [0.2, 0.25) is 5.02 Å². The summed E-state index contributed by atoms with van der Waals surface area (Å²) >= 11 is 5.72. The predicted molar refractivity (Wildman–Crippen MR) is 53.4 cm³/mol. The molecule has 4 nitrogen and oxygen atoms in total. The van der Waals surface area contributed by atoms with Gasteiger partial charge in [-0.15, -0.1) is 0 Å². The molecule has 0 unspecified atom stereocenters. The van der Waals surface area contributed by atoms with Crippen molar-refractivity contribution in [1.29, 1.82) is 0 Å². The molecule has 88 valence electrons. The molecule has 0 aromatic carbocycles. The Balaban J connectivity index is 3.22. The fourth-order valence-corrected chi connectivity index (χ4v) is 1.54. The summed E-state index contributed by atoms with van der Waals surface area (Å²) in [5.41, 5.74) is 4.75. The molecule has 1 rings (SSSR count). The van der Waals surface area contributed by atoms with E-state index in [9.17, 15) is 13.6 Å². The van der Waals surface area contributed by atoms with Crippen LogP contribution in [0.25, 0.3) is 0 Å². The number of hydrogen-bond acceptors (Lipinski definition) is 3. The summed E-state index contributed by atoms with van der Waals surface area (Å²) in [6, 6.07) is 1.24. The molecule has 0 aliphatic heterocycles. The normalized spacial score (nSPS) is 10.8. The highest BCUT2D eigenvalue weighted by atomic mass is 35.5. The van der Waals surface area contributed by atoms with Crippen LogP contribution in [0.4, 0.5) is 8.78 Å². The predicted octanol–water partition coefficient (Wildman–Crippen LogP) is 1.76. The molecule has 0 saturated heterocycles. The average molecular weight is 251 g/mol. The minimum absolute atomic E-state index is 0.00926. The molecule has 0 aliphatic rings. The van der Waals surface area contributed by atoms with Crippen molar-refractivity contribution >= 4 is 17.6 Å². The number of carboxylic acid groups (broad SMARTS) is 1. The highest BCUT2D eigenvalue weighted by Gasteiger charge is 2.19. The van der Waals surface area contributed by atoms with Gasteiger partial charge in [0.25, 0.3) is 6.43 Å². The number of pyridine rings is 1. The van der Waals surface area contributed by atoms with E-state index in [-0.39, 0.29) is 22.8 Å². The standard InChI is InChI=1S/C9H9ClF2N2O2/c10-6-1-4(2-7(15)16)14-8(9(11)12)5(6)3-13/h1,9H,2-3,13H2,(H,15,16). The van der Waals surface area contributed by atoms with Gasteiger partial charge < -0.3 is 10.8 Å². The first-order valence-corrected chi connectivity index (χ1v) is 4.71. The number of rotatable bonds is 4. The van der Waals surface area contributed by atoms with Crippen LogP contribution in [0.15, 0.2) is 6.07 Å². The molecular formula is C9H9ClF2N2O2. The molecule has 1 aromatic rings. The maximum Gasteiger partial charge on any atom is 0.309 e. The fraction of sp³-hybridized carbons (Fsp3) is 0.333. The van der Waals surface area contributed by atoms with Crippen LogP contribution in [-0.4, -0.2) is 16.1 Å². The van der Waals surface area contributed by atoms with Gasteiger partial charge in [-0.25, -0.2) is 8.78 Å². The SMILES string of the molecule is NCc1c(Cl)cc(CC(=O)O)nc1C(F)F. The van der Waals surface area contributed by atoms with Crippen LogP contribution < -0.4 is 5.73 Å². The molecule has 0 aliphatic carbocycles. The number of halogens is 3.